The summed E-state index contributed by atoms with van der Waals surface area (Å²) in [4.78, 5) is 24.1. The maximum atomic E-state index is 13.5. The number of hydrogen-bond acceptors (Lipinski definition) is 7. The zero-order chi connectivity index (χ0) is 38.0. The first-order valence-electron chi connectivity index (χ1n) is 17.1. The third-order valence-electron chi connectivity index (χ3n) is 9.24. The van der Waals surface area contributed by atoms with Crippen molar-refractivity contribution in [1.29, 1.82) is 0 Å². The van der Waals surface area contributed by atoms with Crippen LogP contribution in [-0.2, 0) is 27.3 Å². The van der Waals surface area contributed by atoms with Crippen molar-refractivity contribution in [3.8, 4) is 22.6 Å². The first-order valence-corrected chi connectivity index (χ1v) is 17.1. The smallest absolute Gasteiger partial charge is 0.303 e. The summed E-state index contributed by atoms with van der Waals surface area (Å²) in [5, 5.41) is 11.1. The van der Waals surface area contributed by atoms with Gasteiger partial charge in [0.25, 0.3) is 11.8 Å². The Labute approximate surface area is 302 Å². The molecule has 1 atom stereocenters. The summed E-state index contributed by atoms with van der Waals surface area (Å²) in [6, 6.07) is 18.7. The molecule has 12 heteroatoms. The van der Waals surface area contributed by atoms with Crippen LogP contribution in [0.4, 0.5) is 13.2 Å². The van der Waals surface area contributed by atoms with Crippen LogP contribution in [0.1, 0.15) is 64.9 Å². The fraction of sp³-hybridized carbons (Fsp3) is 0.400. The highest BCUT2D eigenvalue weighted by atomic mass is 19.3. The third kappa shape index (κ3) is 10.2. The fourth-order valence-electron chi connectivity index (χ4n) is 6.31. The number of alkyl halides is 2. The number of piperidine rings is 1. The van der Waals surface area contributed by atoms with Gasteiger partial charge in [-0.3, -0.25) is 9.59 Å². The largest absolute Gasteiger partial charge is 0.496 e. The number of primary amides is 1. The van der Waals surface area contributed by atoms with E-state index in [2.05, 4.69) is 0 Å². The number of carboxylic acid groups (broad SMARTS) is 1. The third-order valence-corrected chi connectivity index (χ3v) is 9.24. The van der Waals surface area contributed by atoms with E-state index in [9.17, 15) is 22.8 Å². The molecule has 0 saturated carbocycles. The second kappa shape index (κ2) is 18.2. The predicted octanol–water partition coefficient (Wildman–Crippen LogP) is 7.73. The van der Waals surface area contributed by atoms with Crippen LogP contribution in [0.15, 0.2) is 60.7 Å². The second-order valence-electron chi connectivity index (χ2n) is 12.8. The van der Waals surface area contributed by atoms with Crippen molar-refractivity contribution in [2.24, 2.45) is 5.73 Å². The number of likely N-dealkylation sites (tertiary alicyclic amines) is 1. The SMILES string of the molecule is COC(C)c1cc(C)c(C(N)=O)c(F)c1.COc1cc(COCCN2CCC(F)(F)CC2)cc(OC)c1-c1cccc2c(CCC(=O)O)cccc12. The Bertz CT molecular complexity index is 1810. The lowest BCUT2D eigenvalue weighted by Crippen LogP contribution is -2.40. The number of aliphatic carboxylic acids is 1. The van der Waals surface area contributed by atoms with Crippen molar-refractivity contribution in [1.82, 2.24) is 4.90 Å². The van der Waals surface area contributed by atoms with Gasteiger partial charge in [0.15, 0.2) is 0 Å². The minimum atomic E-state index is -2.55. The van der Waals surface area contributed by atoms with Gasteiger partial charge < -0.3 is 34.7 Å². The van der Waals surface area contributed by atoms with Crippen LogP contribution in [-0.4, -0.2) is 75.4 Å². The molecule has 1 fully saturated rings. The molecule has 1 aliphatic heterocycles. The molecule has 280 valence electrons. The van der Waals surface area contributed by atoms with Gasteiger partial charge in [0.05, 0.1) is 44.7 Å². The van der Waals surface area contributed by atoms with Gasteiger partial charge in [0.1, 0.15) is 17.3 Å². The molecular weight excluding hydrogens is 677 g/mol. The van der Waals surface area contributed by atoms with Gasteiger partial charge in [-0.15, -0.1) is 0 Å². The molecule has 1 amide bonds. The Balaban J connectivity index is 0.000000338. The maximum absolute atomic E-state index is 13.5. The lowest BCUT2D eigenvalue weighted by molar-refractivity contribution is -0.136. The number of carbonyl (C=O) groups is 2. The number of rotatable bonds is 14. The van der Waals surface area contributed by atoms with E-state index < -0.39 is 23.6 Å². The van der Waals surface area contributed by atoms with Crippen LogP contribution < -0.4 is 15.2 Å². The Morgan fingerprint density at radius 2 is 1.60 bits per heavy atom. The van der Waals surface area contributed by atoms with Crippen molar-refractivity contribution in [2.75, 3.05) is 47.6 Å². The number of carboxylic acids is 1. The van der Waals surface area contributed by atoms with Gasteiger partial charge in [-0.2, -0.15) is 0 Å². The number of methoxy groups -OCH3 is 3. The molecule has 1 saturated heterocycles. The predicted molar refractivity (Wildman–Crippen MR) is 194 cm³/mol. The number of nitrogens with two attached hydrogens (primary N) is 1. The van der Waals surface area contributed by atoms with E-state index in [-0.39, 0.29) is 30.9 Å². The van der Waals surface area contributed by atoms with Crippen molar-refractivity contribution in [3.05, 3.63) is 94.3 Å². The number of halogens is 3. The molecular formula is C40H47F3N2O7. The molecule has 0 aromatic heterocycles. The molecule has 4 aromatic rings. The highest BCUT2D eigenvalue weighted by Crippen LogP contribution is 2.43. The average molecular weight is 725 g/mol. The van der Waals surface area contributed by atoms with E-state index in [1.165, 1.54) is 6.07 Å². The molecule has 5 rings (SSSR count). The second-order valence-corrected chi connectivity index (χ2v) is 12.8. The Morgan fingerprint density at radius 1 is 0.962 bits per heavy atom. The van der Waals surface area contributed by atoms with E-state index in [0.717, 1.165) is 33.0 Å². The molecule has 1 aliphatic rings. The number of aryl methyl sites for hydroxylation is 2. The molecule has 1 unspecified atom stereocenters. The molecule has 3 N–H and O–H groups in total. The number of carbonyl (C=O) groups excluding carboxylic acids is 1. The van der Waals surface area contributed by atoms with Crippen LogP contribution in [0.2, 0.25) is 0 Å². The first-order chi connectivity index (χ1) is 24.8. The summed E-state index contributed by atoms with van der Waals surface area (Å²) in [7, 11) is 4.76. The van der Waals surface area contributed by atoms with Crippen LogP contribution in [0.25, 0.3) is 21.9 Å². The summed E-state index contributed by atoms with van der Waals surface area (Å²) in [5.41, 5.74) is 9.82. The lowest BCUT2D eigenvalue weighted by atomic mass is 9.92. The summed E-state index contributed by atoms with van der Waals surface area (Å²) in [6.45, 7) is 5.62. The van der Waals surface area contributed by atoms with Crippen molar-refractivity contribution in [3.63, 3.8) is 0 Å². The monoisotopic (exact) mass is 724 g/mol. The Morgan fingerprint density at radius 3 is 2.17 bits per heavy atom. The lowest BCUT2D eigenvalue weighted by Gasteiger charge is -2.31. The number of benzene rings is 4. The van der Waals surface area contributed by atoms with E-state index in [0.29, 0.717) is 61.9 Å². The molecule has 0 radical (unpaired) electrons. The number of hydrogen-bond donors (Lipinski definition) is 2. The minimum Gasteiger partial charge on any atom is -0.496 e. The zero-order valence-corrected chi connectivity index (χ0v) is 30.3. The molecule has 4 aromatic carbocycles. The summed E-state index contributed by atoms with van der Waals surface area (Å²) < 4.78 is 62.7. The highest BCUT2D eigenvalue weighted by Gasteiger charge is 2.33. The summed E-state index contributed by atoms with van der Waals surface area (Å²) >= 11 is 0. The van der Waals surface area contributed by atoms with Gasteiger partial charge >= 0.3 is 5.97 Å². The molecule has 0 spiro atoms. The fourth-order valence-corrected chi connectivity index (χ4v) is 6.31. The number of amides is 1. The van der Waals surface area contributed by atoms with E-state index in [1.807, 2.05) is 53.4 Å². The van der Waals surface area contributed by atoms with Crippen LogP contribution in [0, 0.1) is 12.7 Å². The van der Waals surface area contributed by atoms with Gasteiger partial charge in [-0.25, -0.2) is 13.2 Å². The van der Waals surface area contributed by atoms with Gasteiger partial charge in [-0.05, 0) is 77.1 Å². The van der Waals surface area contributed by atoms with E-state index >= 15 is 0 Å². The number of nitrogens with zero attached hydrogens (tertiary/aromatic N) is 1. The van der Waals surface area contributed by atoms with Crippen molar-refractivity contribution in [2.45, 2.75) is 58.2 Å². The van der Waals surface area contributed by atoms with Crippen molar-refractivity contribution >= 4 is 22.6 Å². The molecule has 0 aliphatic carbocycles. The molecule has 52 heavy (non-hydrogen) atoms. The maximum Gasteiger partial charge on any atom is 0.303 e. The highest BCUT2D eigenvalue weighted by molar-refractivity contribution is 6.01. The van der Waals surface area contributed by atoms with Gasteiger partial charge in [0, 0.05) is 46.0 Å². The Kier molecular flexibility index (Phi) is 14.1. The Hall–Kier alpha value is -4.65. The van der Waals surface area contributed by atoms with Gasteiger partial charge in [-0.1, -0.05) is 42.5 Å². The normalized spacial score (nSPS) is 14.7. The average Bonchev–Trinajstić information content (AvgIpc) is 3.11. The van der Waals surface area contributed by atoms with Crippen LogP contribution in [0.3, 0.4) is 0 Å². The topological polar surface area (TPSA) is 121 Å². The quantitative estimate of drug-likeness (QED) is 0.127. The number of fused-ring (bicyclic) bond motifs is 1. The molecule has 0 bridgehead atoms. The number of ether oxygens (including phenoxy) is 4. The van der Waals surface area contributed by atoms with Crippen LogP contribution in [0.5, 0.6) is 11.5 Å². The van der Waals surface area contributed by atoms with Crippen LogP contribution >= 0.6 is 0 Å². The molecule has 1 heterocycles. The summed E-state index contributed by atoms with van der Waals surface area (Å²) in [5.74, 6) is -3.44. The summed E-state index contributed by atoms with van der Waals surface area (Å²) in [6.07, 6.45) is 0.103. The van der Waals surface area contributed by atoms with E-state index in [4.69, 9.17) is 29.8 Å². The zero-order valence-electron chi connectivity index (χ0n) is 30.3. The standard InChI is InChI=1S/C29H33F2NO5.C11H14FNO2/c1-35-25-17-20(19-37-16-15-32-13-11-29(30,31)12-14-32)18-26(36-2)28(25)24-8-4-6-22-21(9-10-27(33)34)5-3-7-23(22)24;1-6-4-8(7(2)15-3)5-9(12)10(6)11(13)14/h3-8,17-18H,9-16,19H2,1-2H3,(H,33,34);4-5,7H,1-3H3,(H2,13,14). The first kappa shape index (κ1) is 40.1. The van der Waals surface area contributed by atoms with Gasteiger partial charge in [0.2, 0.25) is 0 Å². The van der Waals surface area contributed by atoms with E-state index in [1.54, 1.807) is 41.2 Å². The van der Waals surface area contributed by atoms with Crippen molar-refractivity contribution < 1.29 is 46.8 Å². The molecule has 9 nitrogen and oxygen atoms in total. The minimum absolute atomic E-state index is 0.0537.